The van der Waals surface area contributed by atoms with E-state index in [-0.39, 0.29) is 10.6 Å². The molecular formula is C15H15NO5S. The normalized spacial score (nSPS) is 11.0. The molecule has 0 aliphatic carbocycles. The number of nitrogens with zero attached hydrogens (tertiary/aromatic N) is 1. The number of ether oxygens (including phenoxy) is 1. The molecule has 0 aliphatic rings. The summed E-state index contributed by atoms with van der Waals surface area (Å²) in [4.78, 5) is 10.7. The zero-order valence-electron chi connectivity index (χ0n) is 11.8. The van der Waals surface area contributed by atoms with Gasteiger partial charge < -0.3 is 9.84 Å². The smallest absolute Gasteiger partial charge is 0.341 e. The van der Waals surface area contributed by atoms with Crippen molar-refractivity contribution >= 4 is 21.7 Å². The van der Waals surface area contributed by atoms with E-state index in [9.17, 15) is 13.2 Å². The maximum atomic E-state index is 12.5. The highest BCUT2D eigenvalue weighted by atomic mass is 32.2. The molecule has 0 bridgehead atoms. The van der Waals surface area contributed by atoms with E-state index in [0.717, 1.165) is 4.31 Å². The molecule has 0 atom stereocenters. The minimum Gasteiger partial charge on any atom is -0.482 e. The average Bonchev–Trinajstić information content (AvgIpc) is 2.53. The van der Waals surface area contributed by atoms with Crippen LogP contribution >= 0.6 is 0 Å². The van der Waals surface area contributed by atoms with Crippen LogP contribution in [0.3, 0.4) is 0 Å². The summed E-state index contributed by atoms with van der Waals surface area (Å²) in [6.07, 6.45) is 0. The number of carbonyl (C=O) groups is 1. The lowest BCUT2D eigenvalue weighted by molar-refractivity contribution is -0.139. The third-order valence-electron chi connectivity index (χ3n) is 2.95. The lowest BCUT2D eigenvalue weighted by Crippen LogP contribution is -2.26. The Kier molecular flexibility index (Phi) is 4.67. The van der Waals surface area contributed by atoms with Crippen LogP contribution in [-0.2, 0) is 14.8 Å². The highest BCUT2D eigenvalue weighted by molar-refractivity contribution is 7.92. The van der Waals surface area contributed by atoms with Crippen molar-refractivity contribution in [2.45, 2.75) is 4.90 Å². The van der Waals surface area contributed by atoms with E-state index in [2.05, 4.69) is 0 Å². The Morgan fingerprint density at radius 3 is 2.45 bits per heavy atom. The van der Waals surface area contributed by atoms with Crippen LogP contribution in [0.1, 0.15) is 0 Å². The van der Waals surface area contributed by atoms with E-state index in [1.807, 2.05) is 0 Å². The minimum atomic E-state index is -3.68. The Hall–Kier alpha value is -2.54. The lowest BCUT2D eigenvalue weighted by atomic mass is 10.3. The van der Waals surface area contributed by atoms with Gasteiger partial charge in [0.2, 0.25) is 0 Å². The fourth-order valence-corrected chi connectivity index (χ4v) is 3.01. The van der Waals surface area contributed by atoms with Crippen molar-refractivity contribution in [2.75, 3.05) is 18.0 Å². The molecule has 0 aromatic heterocycles. The molecule has 0 amide bonds. The highest BCUT2D eigenvalue weighted by Gasteiger charge is 2.21. The Morgan fingerprint density at radius 1 is 1.14 bits per heavy atom. The maximum Gasteiger partial charge on any atom is 0.341 e. The number of hydrogen-bond donors (Lipinski definition) is 1. The average molecular weight is 321 g/mol. The number of anilines is 1. The zero-order valence-corrected chi connectivity index (χ0v) is 12.7. The topological polar surface area (TPSA) is 83.9 Å². The molecule has 0 saturated heterocycles. The molecule has 0 heterocycles. The van der Waals surface area contributed by atoms with E-state index in [1.165, 1.54) is 25.2 Å². The molecule has 0 fully saturated rings. The lowest BCUT2D eigenvalue weighted by Gasteiger charge is -2.20. The van der Waals surface area contributed by atoms with Gasteiger partial charge in [-0.25, -0.2) is 13.2 Å². The van der Waals surface area contributed by atoms with Crippen LogP contribution < -0.4 is 9.04 Å². The molecule has 2 rings (SSSR count). The van der Waals surface area contributed by atoms with Gasteiger partial charge in [-0.1, -0.05) is 24.3 Å². The van der Waals surface area contributed by atoms with Gasteiger partial charge in [-0.3, -0.25) is 4.31 Å². The Balaban J connectivity index is 2.27. The fraction of sp³-hybridized carbons (Fsp3) is 0.133. The summed E-state index contributed by atoms with van der Waals surface area (Å²) >= 11 is 0. The molecule has 0 aliphatic heterocycles. The second kappa shape index (κ2) is 6.48. The van der Waals surface area contributed by atoms with Crippen molar-refractivity contribution in [1.82, 2.24) is 0 Å². The minimum absolute atomic E-state index is 0.175. The number of carboxylic acids is 1. The zero-order chi connectivity index (χ0) is 16.2. The number of benzene rings is 2. The summed E-state index contributed by atoms with van der Waals surface area (Å²) in [5, 5.41) is 8.60. The largest absolute Gasteiger partial charge is 0.482 e. The Morgan fingerprint density at radius 2 is 1.82 bits per heavy atom. The molecule has 7 heteroatoms. The van der Waals surface area contributed by atoms with E-state index >= 15 is 0 Å². The number of rotatable bonds is 6. The number of sulfonamides is 1. The summed E-state index contributed by atoms with van der Waals surface area (Å²) in [7, 11) is -2.25. The van der Waals surface area contributed by atoms with Gasteiger partial charge in [0.1, 0.15) is 5.75 Å². The second-order valence-electron chi connectivity index (χ2n) is 4.47. The van der Waals surface area contributed by atoms with Crippen molar-refractivity contribution in [3.8, 4) is 5.75 Å². The van der Waals surface area contributed by atoms with Crippen LogP contribution in [0.5, 0.6) is 5.75 Å². The Bertz CT molecular complexity index is 759. The molecule has 116 valence electrons. The number of hydrogen-bond acceptors (Lipinski definition) is 4. The van der Waals surface area contributed by atoms with Crippen molar-refractivity contribution < 1.29 is 23.1 Å². The molecule has 2 aromatic rings. The summed E-state index contributed by atoms with van der Waals surface area (Å²) in [5.74, 6) is -0.814. The van der Waals surface area contributed by atoms with Gasteiger partial charge in [-0.15, -0.1) is 0 Å². The van der Waals surface area contributed by atoms with Gasteiger partial charge in [0.25, 0.3) is 10.0 Å². The van der Waals surface area contributed by atoms with Crippen LogP contribution in [0.4, 0.5) is 5.69 Å². The first-order valence-corrected chi connectivity index (χ1v) is 7.84. The van der Waals surface area contributed by atoms with Gasteiger partial charge >= 0.3 is 5.97 Å². The van der Waals surface area contributed by atoms with E-state index in [0.29, 0.717) is 5.69 Å². The quantitative estimate of drug-likeness (QED) is 0.879. The van der Waals surface area contributed by atoms with Crippen LogP contribution in [0.25, 0.3) is 0 Å². The molecule has 0 radical (unpaired) electrons. The number of carboxylic acid groups (broad SMARTS) is 1. The van der Waals surface area contributed by atoms with Crippen molar-refractivity contribution in [3.05, 3.63) is 54.6 Å². The van der Waals surface area contributed by atoms with Crippen molar-refractivity contribution in [2.24, 2.45) is 0 Å². The van der Waals surface area contributed by atoms with E-state index in [4.69, 9.17) is 9.84 Å². The molecular weight excluding hydrogens is 306 g/mol. The van der Waals surface area contributed by atoms with Crippen LogP contribution in [0, 0.1) is 0 Å². The standard InChI is InChI=1S/C15H15NO5S/c1-16(22(19,20)14-8-3-2-4-9-14)12-6-5-7-13(10-12)21-11-15(17)18/h2-10H,11H2,1H3,(H,17,18). The molecule has 22 heavy (non-hydrogen) atoms. The molecule has 2 aromatic carbocycles. The van der Waals surface area contributed by atoms with Crippen molar-refractivity contribution in [1.29, 1.82) is 0 Å². The highest BCUT2D eigenvalue weighted by Crippen LogP contribution is 2.25. The first kappa shape index (κ1) is 15.8. The number of aliphatic carboxylic acids is 1. The SMILES string of the molecule is CN(c1cccc(OCC(=O)O)c1)S(=O)(=O)c1ccccc1. The van der Waals surface area contributed by atoms with Gasteiger partial charge in [-0.05, 0) is 24.3 Å². The second-order valence-corrected chi connectivity index (χ2v) is 6.43. The Labute approximate surface area is 128 Å². The van der Waals surface area contributed by atoms with Crippen LogP contribution in [0.2, 0.25) is 0 Å². The first-order valence-electron chi connectivity index (χ1n) is 6.40. The predicted molar refractivity (Wildman–Crippen MR) is 81.6 cm³/mol. The van der Waals surface area contributed by atoms with Gasteiger partial charge in [0.15, 0.2) is 6.61 Å². The molecule has 0 unspecified atom stereocenters. The summed E-state index contributed by atoms with van der Waals surface area (Å²) < 4.78 is 31.2. The van der Waals surface area contributed by atoms with E-state index < -0.39 is 22.6 Å². The van der Waals surface area contributed by atoms with Gasteiger partial charge in [0.05, 0.1) is 10.6 Å². The summed E-state index contributed by atoms with van der Waals surface area (Å²) in [5.41, 5.74) is 0.381. The van der Waals surface area contributed by atoms with Crippen LogP contribution in [-0.4, -0.2) is 33.1 Å². The molecule has 0 saturated carbocycles. The third-order valence-corrected chi connectivity index (χ3v) is 4.74. The molecule has 0 spiro atoms. The van der Waals surface area contributed by atoms with Gasteiger partial charge in [-0.2, -0.15) is 0 Å². The van der Waals surface area contributed by atoms with Crippen LogP contribution in [0.15, 0.2) is 59.5 Å². The molecule has 6 nitrogen and oxygen atoms in total. The van der Waals surface area contributed by atoms with E-state index in [1.54, 1.807) is 36.4 Å². The predicted octanol–water partition coefficient (Wildman–Crippen LogP) is 1.98. The maximum absolute atomic E-state index is 12.5. The summed E-state index contributed by atoms with van der Waals surface area (Å²) in [6.45, 7) is -0.487. The third kappa shape index (κ3) is 3.56. The first-order chi connectivity index (χ1) is 10.4. The van der Waals surface area contributed by atoms with Crippen molar-refractivity contribution in [3.63, 3.8) is 0 Å². The monoisotopic (exact) mass is 321 g/mol. The van der Waals surface area contributed by atoms with Gasteiger partial charge in [0, 0.05) is 13.1 Å². The molecule has 1 N–H and O–H groups in total. The fourth-order valence-electron chi connectivity index (χ4n) is 1.80. The summed E-state index contributed by atoms with van der Waals surface area (Å²) in [6, 6.07) is 14.3.